The molecule has 0 saturated carbocycles. The molecule has 37 heavy (non-hydrogen) atoms. The van der Waals surface area contributed by atoms with Crippen LogP contribution in [-0.2, 0) is 16.0 Å². The van der Waals surface area contributed by atoms with Crippen molar-refractivity contribution in [3.8, 4) is 17.2 Å². The second-order valence-corrected chi connectivity index (χ2v) is 9.09. The summed E-state index contributed by atoms with van der Waals surface area (Å²) in [7, 11) is 4.40. The first-order valence-electron chi connectivity index (χ1n) is 11.4. The molecule has 1 N–H and O–H groups in total. The second-order valence-electron chi connectivity index (χ2n) is 8.28. The average Bonchev–Trinajstić information content (AvgIpc) is 3.17. The van der Waals surface area contributed by atoms with Crippen LogP contribution in [0, 0.1) is 0 Å². The van der Waals surface area contributed by atoms with Crippen LogP contribution in [-0.4, -0.2) is 38.1 Å². The van der Waals surface area contributed by atoms with E-state index in [1.807, 2.05) is 31.2 Å². The summed E-state index contributed by atoms with van der Waals surface area (Å²) in [5, 5.41) is 11.7. The normalized spacial score (nSPS) is 16.7. The Bertz CT molecular complexity index is 1380. The zero-order chi connectivity index (χ0) is 26.9. The van der Waals surface area contributed by atoms with Gasteiger partial charge in [0.25, 0.3) is 11.7 Å². The fourth-order valence-corrected chi connectivity index (χ4v) is 5.01. The first-order chi connectivity index (χ1) is 17.7. The largest absolute Gasteiger partial charge is 0.507 e. The predicted molar refractivity (Wildman–Crippen MR) is 143 cm³/mol. The second kappa shape index (κ2) is 10.7. The molecule has 1 aliphatic rings. The van der Waals surface area contributed by atoms with Gasteiger partial charge in [0.1, 0.15) is 5.76 Å². The quantitative estimate of drug-likeness (QED) is 0.217. The Hall–Kier alpha value is -3.68. The van der Waals surface area contributed by atoms with Crippen molar-refractivity contribution in [3.63, 3.8) is 0 Å². The Morgan fingerprint density at radius 1 is 0.892 bits per heavy atom. The summed E-state index contributed by atoms with van der Waals surface area (Å²) >= 11 is 12.6. The van der Waals surface area contributed by atoms with Crippen LogP contribution >= 0.6 is 23.2 Å². The number of aryl methyl sites for hydroxylation is 1. The van der Waals surface area contributed by atoms with Gasteiger partial charge in [-0.1, -0.05) is 54.4 Å². The lowest BCUT2D eigenvalue weighted by Gasteiger charge is -2.26. The maximum atomic E-state index is 13.4. The van der Waals surface area contributed by atoms with Crippen LogP contribution in [0.2, 0.25) is 10.0 Å². The molecule has 1 atom stereocenters. The molecular formula is C28H25Cl2NO6. The molecule has 1 aliphatic heterocycles. The van der Waals surface area contributed by atoms with Gasteiger partial charge < -0.3 is 19.3 Å². The van der Waals surface area contributed by atoms with E-state index in [0.29, 0.717) is 22.7 Å². The predicted octanol–water partition coefficient (Wildman–Crippen LogP) is 6.21. The van der Waals surface area contributed by atoms with E-state index in [1.165, 1.54) is 38.4 Å². The fraction of sp³-hybridized carbons (Fsp3) is 0.214. The van der Waals surface area contributed by atoms with Crippen molar-refractivity contribution < 1.29 is 28.9 Å². The average molecular weight is 542 g/mol. The number of carbonyl (C=O) groups is 2. The number of anilines is 1. The maximum Gasteiger partial charge on any atom is 0.300 e. The Morgan fingerprint density at radius 3 is 2.05 bits per heavy atom. The van der Waals surface area contributed by atoms with E-state index in [0.717, 1.165) is 12.0 Å². The number of Topliss-reactive ketones (excluding diaryl/α,β-unsaturated/α-hetero) is 1. The zero-order valence-corrected chi connectivity index (χ0v) is 22.2. The molecule has 3 aromatic rings. The third-order valence-corrected chi connectivity index (χ3v) is 6.83. The van der Waals surface area contributed by atoms with Gasteiger partial charge in [-0.25, -0.2) is 0 Å². The number of amides is 1. The van der Waals surface area contributed by atoms with E-state index in [4.69, 9.17) is 37.4 Å². The van der Waals surface area contributed by atoms with Crippen LogP contribution in [0.25, 0.3) is 5.76 Å². The molecule has 1 heterocycles. The van der Waals surface area contributed by atoms with Gasteiger partial charge in [0, 0.05) is 17.3 Å². The van der Waals surface area contributed by atoms with Gasteiger partial charge in [-0.3, -0.25) is 14.5 Å². The van der Waals surface area contributed by atoms with Crippen molar-refractivity contribution >= 4 is 46.3 Å². The minimum Gasteiger partial charge on any atom is -0.507 e. The highest BCUT2D eigenvalue weighted by molar-refractivity contribution is 6.51. The number of methoxy groups -OCH3 is 3. The molecule has 0 spiro atoms. The summed E-state index contributed by atoms with van der Waals surface area (Å²) < 4.78 is 15.9. The van der Waals surface area contributed by atoms with Crippen molar-refractivity contribution in [2.45, 2.75) is 19.4 Å². The van der Waals surface area contributed by atoms with Gasteiger partial charge in [0.05, 0.1) is 43.0 Å². The lowest BCUT2D eigenvalue weighted by atomic mass is 9.94. The molecular weight excluding hydrogens is 517 g/mol. The maximum absolute atomic E-state index is 13.4. The summed E-state index contributed by atoms with van der Waals surface area (Å²) in [4.78, 5) is 28.2. The van der Waals surface area contributed by atoms with E-state index < -0.39 is 23.5 Å². The summed E-state index contributed by atoms with van der Waals surface area (Å²) in [6.45, 7) is 2.03. The van der Waals surface area contributed by atoms with Crippen LogP contribution < -0.4 is 19.1 Å². The van der Waals surface area contributed by atoms with Crippen molar-refractivity contribution in [2.75, 3.05) is 26.2 Å². The van der Waals surface area contributed by atoms with E-state index >= 15 is 0 Å². The van der Waals surface area contributed by atoms with Gasteiger partial charge in [0.15, 0.2) is 17.2 Å². The molecule has 0 aliphatic carbocycles. The van der Waals surface area contributed by atoms with E-state index in [9.17, 15) is 14.7 Å². The van der Waals surface area contributed by atoms with Crippen LogP contribution in [0.4, 0.5) is 5.69 Å². The highest BCUT2D eigenvalue weighted by Crippen LogP contribution is 2.45. The van der Waals surface area contributed by atoms with Crippen LogP contribution in [0.15, 0.2) is 60.2 Å². The van der Waals surface area contributed by atoms with Gasteiger partial charge >= 0.3 is 0 Å². The molecule has 1 saturated heterocycles. The van der Waals surface area contributed by atoms with Gasteiger partial charge in [-0.05, 0) is 41.8 Å². The molecule has 7 nitrogen and oxygen atoms in total. The zero-order valence-electron chi connectivity index (χ0n) is 20.7. The number of ketones is 1. The third-order valence-electron chi connectivity index (χ3n) is 6.27. The standard InChI is InChI=1S/C28H25Cl2NO6/c1-5-15-6-8-16(9-7-15)24-23(25(32)17-12-19(29)27(37-4)20(30)13-17)26(33)28(34)31(24)18-10-11-21(35-2)22(14-18)36-3/h6-14,24,32H,5H2,1-4H3/b25-23+. The number of benzene rings is 3. The van der Waals surface area contributed by atoms with Crippen molar-refractivity contribution in [3.05, 3.63) is 86.9 Å². The van der Waals surface area contributed by atoms with Crippen molar-refractivity contribution in [2.24, 2.45) is 0 Å². The monoisotopic (exact) mass is 541 g/mol. The number of hydrogen-bond donors (Lipinski definition) is 1. The lowest BCUT2D eigenvalue weighted by Crippen LogP contribution is -2.29. The summed E-state index contributed by atoms with van der Waals surface area (Å²) in [6.07, 6.45) is 0.818. The number of aliphatic hydroxyl groups is 1. The molecule has 3 aromatic carbocycles. The first-order valence-corrected chi connectivity index (χ1v) is 12.2. The minimum absolute atomic E-state index is 0.0960. The highest BCUT2D eigenvalue weighted by atomic mass is 35.5. The molecule has 1 amide bonds. The first kappa shape index (κ1) is 26.4. The van der Waals surface area contributed by atoms with E-state index in [-0.39, 0.29) is 26.9 Å². The third kappa shape index (κ3) is 4.72. The highest BCUT2D eigenvalue weighted by Gasteiger charge is 2.47. The van der Waals surface area contributed by atoms with Gasteiger partial charge in [0.2, 0.25) is 0 Å². The molecule has 4 rings (SSSR count). The van der Waals surface area contributed by atoms with E-state index in [2.05, 4.69) is 0 Å². The Morgan fingerprint density at radius 2 is 1.51 bits per heavy atom. The van der Waals surface area contributed by atoms with E-state index in [1.54, 1.807) is 18.2 Å². The van der Waals surface area contributed by atoms with Crippen molar-refractivity contribution in [1.82, 2.24) is 0 Å². The number of ether oxygens (including phenoxy) is 3. The fourth-order valence-electron chi connectivity index (χ4n) is 4.37. The Balaban J connectivity index is 1.96. The molecule has 0 radical (unpaired) electrons. The topological polar surface area (TPSA) is 85.3 Å². The van der Waals surface area contributed by atoms with Crippen molar-refractivity contribution in [1.29, 1.82) is 0 Å². The number of nitrogens with zero attached hydrogens (tertiary/aromatic N) is 1. The number of aliphatic hydroxyl groups excluding tert-OH is 1. The summed E-state index contributed by atoms with van der Waals surface area (Å²) in [6, 6.07) is 14.4. The minimum atomic E-state index is -0.927. The molecule has 0 bridgehead atoms. The molecule has 0 aromatic heterocycles. The van der Waals surface area contributed by atoms with Gasteiger partial charge in [-0.2, -0.15) is 0 Å². The summed E-state index contributed by atoms with van der Waals surface area (Å²) in [5.41, 5.74) is 2.20. The van der Waals surface area contributed by atoms with Gasteiger partial charge in [-0.15, -0.1) is 0 Å². The number of carbonyl (C=O) groups excluding carboxylic acids is 2. The van der Waals surface area contributed by atoms with Crippen LogP contribution in [0.1, 0.15) is 29.7 Å². The Labute approximate surface area is 224 Å². The Kier molecular flexibility index (Phi) is 7.66. The van der Waals surface area contributed by atoms with Crippen LogP contribution in [0.5, 0.6) is 17.2 Å². The molecule has 9 heteroatoms. The molecule has 1 unspecified atom stereocenters. The SMILES string of the molecule is CCc1ccc(C2/C(=C(\O)c3cc(Cl)c(OC)c(Cl)c3)C(=O)C(=O)N2c2ccc(OC)c(OC)c2)cc1. The number of halogens is 2. The van der Waals surface area contributed by atoms with Crippen LogP contribution in [0.3, 0.4) is 0 Å². The number of hydrogen-bond acceptors (Lipinski definition) is 6. The molecule has 192 valence electrons. The summed E-state index contributed by atoms with van der Waals surface area (Å²) in [5.74, 6) is -0.969. The smallest absolute Gasteiger partial charge is 0.300 e. The lowest BCUT2D eigenvalue weighted by molar-refractivity contribution is -0.132. The number of rotatable bonds is 7. The molecule has 1 fully saturated rings.